The summed E-state index contributed by atoms with van der Waals surface area (Å²) in [7, 11) is 1.58. The van der Waals surface area contributed by atoms with E-state index in [2.05, 4.69) is 10.3 Å². The normalized spacial score (nSPS) is 10.8. The van der Waals surface area contributed by atoms with Crippen molar-refractivity contribution in [2.24, 2.45) is 0 Å². The van der Waals surface area contributed by atoms with Gasteiger partial charge in [-0.05, 0) is 17.7 Å². The largest absolute Gasteiger partial charge is 0.497 e. The lowest BCUT2D eigenvalue weighted by atomic mass is 10.2. The number of carbonyl (C=O) groups is 1. The van der Waals surface area contributed by atoms with E-state index in [9.17, 15) is 13.6 Å². The number of benzene rings is 2. The van der Waals surface area contributed by atoms with Gasteiger partial charge in [-0.25, -0.2) is 13.8 Å². The van der Waals surface area contributed by atoms with Crippen molar-refractivity contribution >= 4 is 16.9 Å². The van der Waals surface area contributed by atoms with Gasteiger partial charge in [0, 0.05) is 18.7 Å². The van der Waals surface area contributed by atoms with E-state index in [1.54, 1.807) is 7.11 Å². The molecule has 0 aliphatic rings. The van der Waals surface area contributed by atoms with Gasteiger partial charge in [0.15, 0.2) is 11.6 Å². The zero-order valence-corrected chi connectivity index (χ0v) is 12.9. The first-order valence-corrected chi connectivity index (χ1v) is 7.26. The predicted molar refractivity (Wildman–Crippen MR) is 84.5 cm³/mol. The molecule has 0 aliphatic heterocycles. The van der Waals surface area contributed by atoms with Gasteiger partial charge in [-0.3, -0.25) is 4.79 Å². The molecule has 7 heteroatoms. The second-order valence-corrected chi connectivity index (χ2v) is 5.25. The van der Waals surface area contributed by atoms with Gasteiger partial charge >= 0.3 is 0 Å². The topological polar surface area (TPSA) is 56.1 Å². The Morgan fingerprint density at radius 2 is 1.92 bits per heavy atom. The first kappa shape index (κ1) is 15.9. The molecule has 0 aliphatic carbocycles. The van der Waals surface area contributed by atoms with E-state index in [0.717, 1.165) is 23.4 Å². The second kappa shape index (κ2) is 6.66. The van der Waals surface area contributed by atoms with Gasteiger partial charge in [0.25, 0.3) is 0 Å². The molecular formula is C17H15F2N3O2. The Hall–Kier alpha value is -2.96. The third-order valence-electron chi connectivity index (χ3n) is 3.63. The fraction of sp³-hybridized carbons (Fsp3) is 0.176. The molecule has 1 aromatic heterocycles. The highest BCUT2D eigenvalue weighted by Crippen LogP contribution is 2.17. The van der Waals surface area contributed by atoms with Crippen LogP contribution < -0.4 is 10.1 Å². The number of amides is 1. The molecule has 2 aromatic carbocycles. The van der Waals surface area contributed by atoms with E-state index in [0.29, 0.717) is 17.6 Å². The van der Waals surface area contributed by atoms with Crippen LogP contribution in [0.15, 0.2) is 42.7 Å². The predicted octanol–water partition coefficient (Wildman–Crippen LogP) is 2.64. The molecule has 1 amide bonds. The van der Waals surface area contributed by atoms with E-state index in [-0.39, 0.29) is 12.5 Å². The highest BCUT2D eigenvalue weighted by molar-refractivity contribution is 5.80. The summed E-state index contributed by atoms with van der Waals surface area (Å²) in [6, 6.07) is 9.36. The summed E-state index contributed by atoms with van der Waals surface area (Å²) >= 11 is 0. The number of aromatic nitrogens is 2. The fourth-order valence-electron chi connectivity index (χ4n) is 2.33. The molecule has 0 fully saturated rings. The van der Waals surface area contributed by atoms with Crippen LogP contribution in [-0.2, 0) is 17.9 Å². The molecule has 1 N–H and O–H groups in total. The van der Waals surface area contributed by atoms with Crippen LogP contribution in [0.3, 0.4) is 0 Å². The summed E-state index contributed by atoms with van der Waals surface area (Å²) in [6.07, 6.45) is 1.39. The Bertz CT molecular complexity index is 875. The number of halogens is 2. The number of ether oxygens (including phenoxy) is 1. The van der Waals surface area contributed by atoms with Crippen LogP contribution in [0.4, 0.5) is 8.78 Å². The summed E-state index contributed by atoms with van der Waals surface area (Å²) in [6.45, 7) is 0.330. The smallest absolute Gasteiger partial charge is 0.240 e. The number of hydrogen-bond acceptors (Lipinski definition) is 3. The van der Waals surface area contributed by atoms with Crippen LogP contribution in [0.2, 0.25) is 0 Å². The van der Waals surface area contributed by atoms with Gasteiger partial charge in [-0.15, -0.1) is 0 Å². The molecule has 124 valence electrons. The number of rotatable bonds is 5. The third kappa shape index (κ3) is 3.34. The maximum absolute atomic E-state index is 13.3. The van der Waals surface area contributed by atoms with Gasteiger partial charge in [-0.1, -0.05) is 12.1 Å². The standard InChI is InChI=1S/C17H15F2N3O2/c1-24-12-4-2-11(3-5-12)8-20-17(23)9-22-10-21-15-6-13(18)14(19)7-16(15)22/h2-7,10H,8-9H2,1H3,(H,20,23). The second-order valence-electron chi connectivity index (χ2n) is 5.25. The van der Waals surface area contributed by atoms with Crippen LogP contribution in [0.1, 0.15) is 5.56 Å². The van der Waals surface area contributed by atoms with Gasteiger partial charge in [0.2, 0.25) is 5.91 Å². The molecule has 5 nitrogen and oxygen atoms in total. The van der Waals surface area contributed by atoms with Crippen molar-refractivity contribution in [3.63, 3.8) is 0 Å². The van der Waals surface area contributed by atoms with Gasteiger partial charge in [0.05, 0.1) is 24.5 Å². The summed E-state index contributed by atoms with van der Waals surface area (Å²) < 4.78 is 33.1. The average Bonchev–Trinajstić information content (AvgIpc) is 2.95. The van der Waals surface area contributed by atoms with Gasteiger partial charge in [0.1, 0.15) is 12.3 Å². The zero-order valence-electron chi connectivity index (χ0n) is 12.9. The number of fused-ring (bicyclic) bond motifs is 1. The van der Waals surface area contributed by atoms with Crippen molar-refractivity contribution in [2.75, 3.05) is 7.11 Å². The lowest BCUT2D eigenvalue weighted by Gasteiger charge is -2.08. The van der Waals surface area contributed by atoms with Crippen LogP contribution in [0.5, 0.6) is 5.75 Å². The minimum atomic E-state index is -0.970. The molecule has 0 radical (unpaired) electrons. The fourth-order valence-corrected chi connectivity index (χ4v) is 2.33. The molecule has 0 saturated carbocycles. The summed E-state index contributed by atoms with van der Waals surface area (Å²) in [4.78, 5) is 16.0. The number of carbonyl (C=O) groups excluding carboxylic acids is 1. The molecule has 24 heavy (non-hydrogen) atoms. The third-order valence-corrected chi connectivity index (χ3v) is 3.63. The first-order chi connectivity index (χ1) is 11.6. The number of nitrogens with one attached hydrogen (secondary N) is 1. The van der Waals surface area contributed by atoms with Crippen molar-refractivity contribution in [2.45, 2.75) is 13.1 Å². The van der Waals surface area contributed by atoms with E-state index in [4.69, 9.17) is 4.74 Å². The van der Waals surface area contributed by atoms with Crippen LogP contribution in [-0.4, -0.2) is 22.6 Å². The summed E-state index contributed by atoms with van der Waals surface area (Å²) in [5, 5.41) is 2.77. The van der Waals surface area contributed by atoms with Gasteiger partial charge < -0.3 is 14.6 Å². The minimum Gasteiger partial charge on any atom is -0.497 e. The monoisotopic (exact) mass is 331 g/mol. The minimum absolute atomic E-state index is 0.0300. The summed E-state index contributed by atoms with van der Waals surface area (Å²) in [5.41, 5.74) is 1.60. The zero-order chi connectivity index (χ0) is 17.1. The highest BCUT2D eigenvalue weighted by Gasteiger charge is 2.11. The molecule has 0 bridgehead atoms. The first-order valence-electron chi connectivity index (χ1n) is 7.26. The van der Waals surface area contributed by atoms with E-state index in [1.807, 2.05) is 24.3 Å². The molecule has 3 rings (SSSR count). The Morgan fingerprint density at radius 1 is 1.21 bits per heavy atom. The van der Waals surface area contributed by atoms with Crippen LogP contribution >= 0.6 is 0 Å². The number of methoxy groups -OCH3 is 1. The Kier molecular flexibility index (Phi) is 4.41. The lowest BCUT2D eigenvalue weighted by Crippen LogP contribution is -2.26. The van der Waals surface area contributed by atoms with Crippen molar-refractivity contribution in [3.8, 4) is 5.75 Å². The average molecular weight is 331 g/mol. The number of hydrogen-bond donors (Lipinski definition) is 1. The van der Waals surface area contributed by atoms with E-state index >= 15 is 0 Å². The van der Waals surface area contributed by atoms with Crippen molar-refractivity contribution < 1.29 is 18.3 Å². The quantitative estimate of drug-likeness (QED) is 0.782. The SMILES string of the molecule is COc1ccc(CNC(=O)Cn2cnc3cc(F)c(F)cc32)cc1. The maximum atomic E-state index is 13.3. The van der Waals surface area contributed by atoms with E-state index in [1.165, 1.54) is 10.9 Å². The highest BCUT2D eigenvalue weighted by atomic mass is 19.2. The Balaban J connectivity index is 1.65. The molecule has 3 aromatic rings. The van der Waals surface area contributed by atoms with Crippen molar-refractivity contribution in [1.82, 2.24) is 14.9 Å². The molecule has 0 spiro atoms. The molecule has 1 heterocycles. The van der Waals surface area contributed by atoms with E-state index < -0.39 is 11.6 Å². The maximum Gasteiger partial charge on any atom is 0.240 e. The number of imidazole rings is 1. The van der Waals surface area contributed by atoms with Gasteiger partial charge in [-0.2, -0.15) is 0 Å². The Morgan fingerprint density at radius 3 is 2.62 bits per heavy atom. The molecule has 0 saturated heterocycles. The molecule has 0 atom stereocenters. The number of nitrogens with zero attached hydrogens (tertiary/aromatic N) is 2. The Labute approximate surface area is 136 Å². The van der Waals surface area contributed by atoms with Crippen molar-refractivity contribution in [1.29, 1.82) is 0 Å². The molecular weight excluding hydrogens is 316 g/mol. The van der Waals surface area contributed by atoms with Crippen molar-refractivity contribution in [3.05, 3.63) is 59.9 Å². The summed E-state index contributed by atoms with van der Waals surface area (Å²) in [5.74, 6) is -1.45. The van der Waals surface area contributed by atoms with Crippen LogP contribution in [0, 0.1) is 11.6 Å². The van der Waals surface area contributed by atoms with Crippen LogP contribution in [0.25, 0.3) is 11.0 Å². The molecule has 0 unspecified atom stereocenters. The lowest BCUT2D eigenvalue weighted by molar-refractivity contribution is -0.121.